The Kier molecular flexibility index (Phi) is 22.0. The van der Waals surface area contributed by atoms with Crippen molar-refractivity contribution >= 4 is 23.9 Å². The molecule has 5 N–H and O–H groups in total. The molecular formula is C73H108O12. The number of carboxylic acids is 1. The van der Waals surface area contributed by atoms with E-state index in [0.29, 0.717) is 16.7 Å². The van der Waals surface area contributed by atoms with E-state index in [1.54, 1.807) is 0 Å². The Balaban J connectivity index is 1.87. The molecule has 12 heteroatoms. The van der Waals surface area contributed by atoms with Crippen molar-refractivity contribution in [3.05, 3.63) is 115 Å². The minimum atomic E-state index is -1.60. The van der Waals surface area contributed by atoms with E-state index in [1.165, 1.54) is 0 Å². The van der Waals surface area contributed by atoms with Gasteiger partial charge in [-0.1, -0.05) is 215 Å². The van der Waals surface area contributed by atoms with Crippen molar-refractivity contribution in [1.82, 2.24) is 0 Å². The monoisotopic (exact) mass is 1180 g/mol. The normalized spacial score (nSPS) is 13.6. The van der Waals surface area contributed by atoms with Crippen LogP contribution < -0.4 is 0 Å². The van der Waals surface area contributed by atoms with Crippen molar-refractivity contribution < 1.29 is 58.9 Å². The Morgan fingerprint density at radius 3 is 0.706 bits per heavy atom. The predicted molar refractivity (Wildman–Crippen MR) is 342 cm³/mol. The number of benzene rings is 4. The summed E-state index contributed by atoms with van der Waals surface area (Å²) >= 11 is 0. The molecule has 0 heterocycles. The highest BCUT2D eigenvalue weighted by Gasteiger charge is 2.42. The fourth-order valence-electron chi connectivity index (χ4n) is 10.9. The number of carbonyl (C=O) groups excluding carboxylic acids is 3. The van der Waals surface area contributed by atoms with Crippen LogP contribution in [0.5, 0.6) is 23.0 Å². The molecule has 1 atom stereocenters. The topological polar surface area (TPSA) is 197 Å². The van der Waals surface area contributed by atoms with E-state index < -0.39 is 98.4 Å². The zero-order valence-corrected chi connectivity index (χ0v) is 56.6. The number of esters is 3. The average Bonchev–Trinajstić information content (AvgIpc) is 1.71. The summed E-state index contributed by atoms with van der Waals surface area (Å²) in [5.74, 6) is -3.47. The average molecular weight is 1180 g/mol. The highest BCUT2D eigenvalue weighted by molar-refractivity contribution is 5.73. The molecule has 0 bridgehead atoms. The number of carboxylic acid groups (broad SMARTS) is 1. The number of hydrogen-bond acceptors (Lipinski definition) is 11. The summed E-state index contributed by atoms with van der Waals surface area (Å²) in [5, 5.41) is 57.3. The molecule has 85 heavy (non-hydrogen) atoms. The fraction of sp³-hybridized carbons (Fsp3) is 0.616. The van der Waals surface area contributed by atoms with Crippen molar-refractivity contribution in [3.8, 4) is 23.0 Å². The second-order valence-corrected chi connectivity index (χ2v) is 32.6. The summed E-state index contributed by atoms with van der Waals surface area (Å²) in [6.45, 7) is 46.7. The van der Waals surface area contributed by atoms with Gasteiger partial charge in [-0.15, -0.1) is 0 Å². The van der Waals surface area contributed by atoms with Crippen LogP contribution in [0.1, 0.15) is 259 Å². The lowest BCUT2D eigenvalue weighted by molar-refractivity contribution is -0.164. The molecule has 472 valence electrons. The number of carbonyl (C=O) groups is 4. The maximum absolute atomic E-state index is 14.3. The molecule has 0 radical (unpaired) electrons. The molecule has 12 nitrogen and oxygen atoms in total. The summed E-state index contributed by atoms with van der Waals surface area (Å²) in [5.41, 5.74) is 3.73. The maximum Gasteiger partial charge on any atom is 0.306 e. The first-order valence-corrected chi connectivity index (χ1v) is 30.5. The van der Waals surface area contributed by atoms with Gasteiger partial charge in [0, 0.05) is 19.3 Å². The molecule has 1 unspecified atom stereocenters. The highest BCUT2D eigenvalue weighted by Crippen LogP contribution is 2.45. The number of phenolic OH excluding ortho intramolecular Hbond substituents is 4. The lowest BCUT2D eigenvalue weighted by Crippen LogP contribution is -2.42. The number of aromatic hydroxyl groups is 4. The SMILES string of the molecule is CC(C)(C)c1cc(CCC(=O)OCC(COC(=O)CCc2cc(C(C)(C)C)c(O)c(C(C)(C)C)c2)(COC(=O)CCc2cc(C(C)(C)C)c(O)c(C(C)(C)C)c2)CC(Cc2cc(C(C)(C)C)c(O)c(C(C)(C)C)c2)C(=O)O)cc(C(C)(C)C)c1O. The minimum absolute atomic E-state index is 0.0351. The number of phenols is 4. The second-order valence-electron chi connectivity index (χ2n) is 32.6. The van der Waals surface area contributed by atoms with E-state index >= 15 is 0 Å². The molecule has 0 fully saturated rings. The maximum atomic E-state index is 14.3. The highest BCUT2D eigenvalue weighted by atomic mass is 16.6. The molecule has 4 aromatic carbocycles. The van der Waals surface area contributed by atoms with E-state index in [1.807, 2.05) is 215 Å². The van der Waals surface area contributed by atoms with Crippen LogP contribution in [-0.2, 0) is 102 Å². The second kappa shape index (κ2) is 26.1. The first-order chi connectivity index (χ1) is 38.4. The molecule has 0 aromatic heterocycles. The van der Waals surface area contributed by atoms with Crippen molar-refractivity contribution in [2.45, 2.75) is 261 Å². The molecule has 4 rings (SSSR count). The molecule has 0 aliphatic heterocycles. The quantitative estimate of drug-likeness (QED) is 0.0415. The first-order valence-electron chi connectivity index (χ1n) is 30.5. The van der Waals surface area contributed by atoms with E-state index in [0.717, 1.165) is 50.1 Å². The number of hydrogen-bond donors (Lipinski definition) is 5. The third-order valence-corrected chi connectivity index (χ3v) is 16.1. The van der Waals surface area contributed by atoms with E-state index in [-0.39, 0.29) is 74.4 Å². The number of aliphatic carboxylic acids is 1. The van der Waals surface area contributed by atoms with Gasteiger partial charge in [0.2, 0.25) is 0 Å². The molecule has 0 saturated heterocycles. The molecule has 0 aliphatic rings. The van der Waals surface area contributed by atoms with Crippen molar-refractivity contribution in [3.63, 3.8) is 0 Å². The van der Waals surface area contributed by atoms with Gasteiger partial charge in [-0.2, -0.15) is 0 Å². The van der Waals surface area contributed by atoms with Gasteiger partial charge in [0.15, 0.2) is 0 Å². The summed E-state index contributed by atoms with van der Waals surface area (Å²) in [7, 11) is 0. The summed E-state index contributed by atoms with van der Waals surface area (Å²) < 4.78 is 18.6. The Morgan fingerprint density at radius 2 is 0.529 bits per heavy atom. The lowest BCUT2D eigenvalue weighted by atomic mass is 9.75. The van der Waals surface area contributed by atoms with E-state index in [9.17, 15) is 44.7 Å². The van der Waals surface area contributed by atoms with Crippen LogP contribution in [0.15, 0.2) is 48.5 Å². The van der Waals surface area contributed by atoms with Crippen LogP contribution >= 0.6 is 0 Å². The summed E-state index contributed by atoms with van der Waals surface area (Å²) in [6, 6.07) is 15.1. The van der Waals surface area contributed by atoms with Crippen molar-refractivity contribution in [2.75, 3.05) is 19.8 Å². The van der Waals surface area contributed by atoms with Crippen LogP contribution in [0, 0.1) is 11.3 Å². The van der Waals surface area contributed by atoms with Crippen LogP contribution in [0.2, 0.25) is 0 Å². The van der Waals surface area contributed by atoms with Gasteiger partial charge >= 0.3 is 23.9 Å². The smallest absolute Gasteiger partial charge is 0.306 e. The van der Waals surface area contributed by atoms with Gasteiger partial charge in [-0.05, 0) is 142 Å². The van der Waals surface area contributed by atoms with Gasteiger partial charge in [0.1, 0.15) is 42.8 Å². The fourth-order valence-corrected chi connectivity index (χ4v) is 10.9. The minimum Gasteiger partial charge on any atom is -0.507 e. The van der Waals surface area contributed by atoms with Gasteiger partial charge in [0.05, 0.1) is 11.3 Å². The van der Waals surface area contributed by atoms with Crippen LogP contribution in [-0.4, -0.2) is 69.2 Å². The lowest BCUT2D eigenvalue weighted by Gasteiger charge is -2.35. The van der Waals surface area contributed by atoms with Crippen LogP contribution in [0.4, 0.5) is 0 Å². The molecule has 4 aromatic rings. The Morgan fingerprint density at radius 1 is 0.341 bits per heavy atom. The largest absolute Gasteiger partial charge is 0.507 e. The summed E-state index contributed by atoms with van der Waals surface area (Å²) in [6.07, 6.45) is 0.192. The Labute approximate surface area is 510 Å². The van der Waals surface area contributed by atoms with Crippen LogP contribution in [0.3, 0.4) is 0 Å². The molecular weight excluding hydrogens is 1070 g/mol. The zero-order valence-electron chi connectivity index (χ0n) is 56.6. The van der Waals surface area contributed by atoms with E-state index in [4.69, 9.17) is 14.2 Å². The predicted octanol–water partition coefficient (Wildman–Crippen LogP) is 16.0. The van der Waals surface area contributed by atoms with Gasteiger partial charge in [-0.25, -0.2) is 0 Å². The molecule has 0 saturated carbocycles. The standard InChI is InChI=1S/C73H108O12/c1-65(2,3)49-32-44(33-50(60(49)77)66(4,5)6)25-28-57(74)83-41-73(40-48(64(81)82)31-47-38-55(71(19,20)21)63(80)56(39-47)72(22,23)24,42-84-58(75)29-26-45-34-51(67(7,8)9)61(78)52(35-45)68(10,11)12)43-85-59(76)30-27-46-36-53(69(13,14)15)62(79)54(37-46)70(16,17)18/h32-39,48,77-80H,25-31,40-43H2,1-24H3,(H,81,82). The van der Waals surface area contributed by atoms with Crippen molar-refractivity contribution in [2.24, 2.45) is 11.3 Å². The third-order valence-electron chi connectivity index (χ3n) is 16.1. The van der Waals surface area contributed by atoms with E-state index in [2.05, 4.69) is 0 Å². The van der Waals surface area contributed by atoms with Crippen molar-refractivity contribution in [1.29, 1.82) is 0 Å². The Hall–Kier alpha value is -6.04. The molecule has 0 amide bonds. The zero-order chi connectivity index (χ0) is 65.2. The molecule has 0 spiro atoms. The molecule has 0 aliphatic carbocycles. The Bertz CT molecular complexity index is 2660. The summed E-state index contributed by atoms with van der Waals surface area (Å²) in [4.78, 5) is 56.7. The number of ether oxygens (including phenoxy) is 3. The number of rotatable bonds is 20. The van der Waals surface area contributed by atoms with Gasteiger partial charge in [0.25, 0.3) is 0 Å². The van der Waals surface area contributed by atoms with Crippen LogP contribution in [0.25, 0.3) is 0 Å². The number of aryl methyl sites for hydroxylation is 3. The van der Waals surface area contributed by atoms with Gasteiger partial charge in [-0.3, -0.25) is 19.2 Å². The first kappa shape index (κ1) is 71.4. The third kappa shape index (κ3) is 19.5. The van der Waals surface area contributed by atoms with Gasteiger partial charge < -0.3 is 39.7 Å².